The van der Waals surface area contributed by atoms with Gasteiger partial charge in [0.1, 0.15) is 0 Å². The minimum absolute atomic E-state index is 0.494. The van der Waals surface area contributed by atoms with Crippen molar-refractivity contribution in [1.29, 1.82) is 0 Å². The smallest absolute Gasteiger partial charge is 0.217 e. The number of likely N-dealkylation sites (N-methyl/N-ethyl adjacent to an activating group) is 1. The van der Waals surface area contributed by atoms with Crippen LogP contribution in [0.5, 0.6) is 5.88 Å². The van der Waals surface area contributed by atoms with Crippen LogP contribution < -0.4 is 4.74 Å². The molecule has 0 bridgehead atoms. The van der Waals surface area contributed by atoms with Crippen LogP contribution in [0.15, 0.2) is 18.3 Å². The molecule has 1 atom stereocenters. The van der Waals surface area contributed by atoms with E-state index in [0.717, 1.165) is 32.1 Å². The quantitative estimate of drug-likeness (QED) is 0.830. The highest BCUT2D eigenvalue weighted by molar-refractivity contribution is 5.25. The van der Waals surface area contributed by atoms with Gasteiger partial charge in [-0.05, 0) is 50.9 Å². The Bertz CT molecular complexity index is 515. The molecule has 128 valence electrons. The highest BCUT2D eigenvalue weighted by atomic mass is 16.5. The van der Waals surface area contributed by atoms with Crippen molar-refractivity contribution in [2.45, 2.75) is 31.8 Å². The lowest BCUT2D eigenvalue weighted by Crippen LogP contribution is -2.40. The Kier molecular flexibility index (Phi) is 5.19. The van der Waals surface area contributed by atoms with Crippen LogP contribution in [0.25, 0.3) is 0 Å². The molecule has 0 aliphatic carbocycles. The van der Waals surface area contributed by atoms with Gasteiger partial charge in [-0.15, -0.1) is 0 Å². The van der Waals surface area contributed by atoms with Gasteiger partial charge in [0.2, 0.25) is 5.88 Å². The highest BCUT2D eigenvalue weighted by Crippen LogP contribution is 2.43. The lowest BCUT2D eigenvalue weighted by atomic mass is 9.76. The summed E-state index contributed by atoms with van der Waals surface area (Å²) in [5.41, 5.74) is 1.68. The van der Waals surface area contributed by atoms with E-state index in [1.807, 2.05) is 13.2 Å². The van der Waals surface area contributed by atoms with Crippen molar-refractivity contribution < 1.29 is 9.47 Å². The maximum absolute atomic E-state index is 5.38. The van der Waals surface area contributed by atoms with E-state index in [1.54, 1.807) is 13.3 Å². The Morgan fingerprint density at radius 3 is 2.78 bits per heavy atom. The number of rotatable bonds is 5. The molecule has 2 saturated heterocycles. The molecule has 1 unspecified atom stereocenters. The zero-order valence-electron chi connectivity index (χ0n) is 14.6. The third-order valence-corrected chi connectivity index (χ3v) is 5.59. The largest absolute Gasteiger partial charge is 0.481 e. The predicted molar refractivity (Wildman–Crippen MR) is 90.6 cm³/mol. The van der Waals surface area contributed by atoms with Gasteiger partial charge >= 0.3 is 0 Å². The summed E-state index contributed by atoms with van der Waals surface area (Å²) in [4.78, 5) is 9.33. The number of hydrogen-bond donors (Lipinski definition) is 0. The van der Waals surface area contributed by atoms with Crippen molar-refractivity contribution in [2.24, 2.45) is 5.41 Å². The van der Waals surface area contributed by atoms with E-state index in [0.29, 0.717) is 11.5 Å². The molecular weight excluding hydrogens is 290 g/mol. The molecule has 5 heteroatoms. The van der Waals surface area contributed by atoms with Crippen molar-refractivity contribution in [3.05, 3.63) is 23.9 Å². The van der Waals surface area contributed by atoms with Gasteiger partial charge in [0.15, 0.2) is 0 Å². The number of ether oxygens (including phenoxy) is 2. The second kappa shape index (κ2) is 7.16. The average Bonchev–Trinajstić information content (AvgIpc) is 2.86. The SMILES string of the molecule is COCC1CC2(CCN(Cc3cccnc3OC)CC2)CN1C. The number of aromatic nitrogens is 1. The van der Waals surface area contributed by atoms with Gasteiger partial charge in [-0.3, -0.25) is 4.90 Å². The second-order valence-corrected chi connectivity index (χ2v) is 7.18. The minimum atomic E-state index is 0.494. The molecule has 0 amide bonds. The summed E-state index contributed by atoms with van der Waals surface area (Å²) in [5, 5.41) is 0. The second-order valence-electron chi connectivity index (χ2n) is 7.18. The topological polar surface area (TPSA) is 37.8 Å². The molecule has 3 heterocycles. The fraction of sp³-hybridized carbons (Fsp3) is 0.722. The maximum atomic E-state index is 5.38. The van der Waals surface area contributed by atoms with E-state index in [1.165, 1.54) is 31.4 Å². The molecule has 5 nitrogen and oxygen atoms in total. The number of nitrogens with zero attached hydrogens (tertiary/aromatic N) is 3. The number of piperidine rings is 1. The van der Waals surface area contributed by atoms with E-state index < -0.39 is 0 Å². The first kappa shape index (κ1) is 16.7. The summed E-state index contributed by atoms with van der Waals surface area (Å²) in [6.07, 6.45) is 5.62. The van der Waals surface area contributed by atoms with Crippen molar-refractivity contribution in [3.8, 4) is 5.88 Å². The molecular formula is C18H29N3O2. The Labute approximate surface area is 139 Å². The molecule has 0 aromatic carbocycles. The molecule has 2 fully saturated rings. The minimum Gasteiger partial charge on any atom is -0.481 e. The van der Waals surface area contributed by atoms with E-state index in [9.17, 15) is 0 Å². The summed E-state index contributed by atoms with van der Waals surface area (Å²) < 4.78 is 10.8. The lowest BCUT2D eigenvalue weighted by Gasteiger charge is -2.39. The molecule has 1 aromatic rings. The van der Waals surface area contributed by atoms with Gasteiger partial charge in [0, 0.05) is 38.0 Å². The number of likely N-dealkylation sites (tertiary alicyclic amines) is 2. The normalized spacial score (nSPS) is 25.1. The van der Waals surface area contributed by atoms with Crippen LogP contribution in [-0.2, 0) is 11.3 Å². The standard InChI is InChI=1S/C18H29N3O2/c1-20-14-18(11-16(20)13-22-2)6-9-21(10-7-18)12-15-5-4-8-19-17(15)23-3/h4-5,8,16H,6-7,9-14H2,1-3H3. The zero-order valence-corrected chi connectivity index (χ0v) is 14.6. The Morgan fingerprint density at radius 1 is 1.30 bits per heavy atom. The molecule has 1 aromatic heterocycles. The summed E-state index contributed by atoms with van der Waals surface area (Å²) in [6.45, 7) is 5.32. The maximum Gasteiger partial charge on any atom is 0.217 e. The highest BCUT2D eigenvalue weighted by Gasteiger charge is 2.43. The van der Waals surface area contributed by atoms with Gasteiger partial charge < -0.3 is 14.4 Å². The van der Waals surface area contributed by atoms with Gasteiger partial charge in [0.05, 0.1) is 13.7 Å². The molecule has 2 aliphatic rings. The molecule has 0 N–H and O–H groups in total. The first-order chi connectivity index (χ1) is 11.2. The van der Waals surface area contributed by atoms with Crippen molar-refractivity contribution in [1.82, 2.24) is 14.8 Å². The van der Waals surface area contributed by atoms with Crippen LogP contribution in [0.3, 0.4) is 0 Å². The molecule has 0 radical (unpaired) electrons. The summed E-state index contributed by atoms with van der Waals surface area (Å²) in [6, 6.07) is 4.70. The number of hydrogen-bond acceptors (Lipinski definition) is 5. The van der Waals surface area contributed by atoms with Gasteiger partial charge in [0.25, 0.3) is 0 Å². The monoisotopic (exact) mass is 319 g/mol. The fourth-order valence-corrected chi connectivity index (χ4v) is 4.27. The molecule has 23 heavy (non-hydrogen) atoms. The van der Waals surface area contributed by atoms with Crippen molar-refractivity contribution in [3.63, 3.8) is 0 Å². The Balaban J connectivity index is 1.57. The van der Waals surface area contributed by atoms with E-state index >= 15 is 0 Å². The number of pyridine rings is 1. The lowest BCUT2D eigenvalue weighted by molar-refractivity contribution is 0.104. The van der Waals surface area contributed by atoms with Crippen LogP contribution in [0.2, 0.25) is 0 Å². The first-order valence-electron chi connectivity index (χ1n) is 8.55. The predicted octanol–water partition coefficient (Wildman–Crippen LogP) is 2.02. The number of methoxy groups -OCH3 is 2. The van der Waals surface area contributed by atoms with Gasteiger partial charge in [-0.25, -0.2) is 4.98 Å². The van der Waals surface area contributed by atoms with Crippen LogP contribution in [0.1, 0.15) is 24.8 Å². The zero-order chi connectivity index (χ0) is 16.3. The Hall–Kier alpha value is -1.17. The van der Waals surface area contributed by atoms with Crippen LogP contribution in [0.4, 0.5) is 0 Å². The first-order valence-corrected chi connectivity index (χ1v) is 8.55. The molecule has 1 spiro atoms. The average molecular weight is 319 g/mol. The summed E-state index contributed by atoms with van der Waals surface area (Å²) in [5.74, 6) is 0.758. The van der Waals surface area contributed by atoms with Crippen LogP contribution in [0, 0.1) is 5.41 Å². The van der Waals surface area contributed by atoms with Crippen molar-refractivity contribution in [2.75, 3.05) is 47.5 Å². The third kappa shape index (κ3) is 3.67. The molecule has 2 aliphatic heterocycles. The van der Waals surface area contributed by atoms with E-state index in [2.05, 4.69) is 27.9 Å². The summed E-state index contributed by atoms with van der Waals surface area (Å²) >= 11 is 0. The van der Waals surface area contributed by atoms with Crippen molar-refractivity contribution >= 4 is 0 Å². The van der Waals surface area contributed by atoms with Crippen LogP contribution in [-0.4, -0.2) is 68.3 Å². The molecule has 0 saturated carbocycles. The molecule has 3 rings (SSSR count). The van der Waals surface area contributed by atoms with Gasteiger partial charge in [-0.1, -0.05) is 6.07 Å². The fourth-order valence-electron chi connectivity index (χ4n) is 4.27. The van der Waals surface area contributed by atoms with E-state index in [4.69, 9.17) is 9.47 Å². The van der Waals surface area contributed by atoms with E-state index in [-0.39, 0.29) is 0 Å². The van der Waals surface area contributed by atoms with Gasteiger partial charge in [-0.2, -0.15) is 0 Å². The van der Waals surface area contributed by atoms with Crippen LogP contribution >= 0.6 is 0 Å². The summed E-state index contributed by atoms with van der Waals surface area (Å²) in [7, 11) is 5.75. The Morgan fingerprint density at radius 2 is 2.09 bits per heavy atom. The third-order valence-electron chi connectivity index (χ3n) is 5.59.